The summed E-state index contributed by atoms with van der Waals surface area (Å²) >= 11 is 0. The molecule has 2 aliphatic heterocycles. The van der Waals surface area contributed by atoms with E-state index in [-0.39, 0.29) is 11.4 Å². The van der Waals surface area contributed by atoms with Gasteiger partial charge >= 0.3 is 0 Å². The molecule has 0 saturated carbocycles. The van der Waals surface area contributed by atoms with Crippen molar-refractivity contribution in [2.75, 3.05) is 6.54 Å². The number of aliphatic imine (C=N–C) groups is 1. The van der Waals surface area contributed by atoms with Crippen LogP contribution in [0.4, 0.5) is 0 Å². The van der Waals surface area contributed by atoms with Crippen LogP contribution in [0.15, 0.2) is 4.99 Å². The highest BCUT2D eigenvalue weighted by molar-refractivity contribution is 6.09. The first-order chi connectivity index (χ1) is 6.48. The zero-order chi connectivity index (χ0) is 10.3. The van der Waals surface area contributed by atoms with Gasteiger partial charge in [-0.1, -0.05) is 0 Å². The molecule has 6 heteroatoms. The smallest absolute Gasteiger partial charge is 0.247 e. The third-order valence-electron chi connectivity index (χ3n) is 2.32. The molecule has 0 aliphatic carbocycles. The van der Waals surface area contributed by atoms with Crippen molar-refractivity contribution in [3.63, 3.8) is 0 Å². The van der Waals surface area contributed by atoms with Gasteiger partial charge in [0.15, 0.2) is 6.29 Å². The Morgan fingerprint density at radius 3 is 2.93 bits per heavy atom. The predicted molar refractivity (Wildman–Crippen MR) is 52.6 cm³/mol. The summed E-state index contributed by atoms with van der Waals surface area (Å²) in [7, 11) is 0. The lowest BCUT2D eigenvalue weighted by Crippen LogP contribution is -2.72. The fourth-order valence-corrected chi connectivity index (χ4v) is 1.63. The van der Waals surface area contributed by atoms with Gasteiger partial charge in [0.1, 0.15) is 11.9 Å². The number of carbonyl (C=O) groups excluding carboxylic acids is 1. The van der Waals surface area contributed by atoms with Gasteiger partial charge in [0, 0.05) is 5.54 Å². The van der Waals surface area contributed by atoms with E-state index >= 15 is 0 Å². The molecule has 14 heavy (non-hydrogen) atoms. The van der Waals surface area contributed by atoms with Gasteiger partial charge in [-0.25, -0.2) is 0 Å². The molecule has 2 aliphatic rings. The number of fused-ring (bicyclic) bond motifs is 1. The first kappa shape index (κ1) is 9.42. The molecular formula is C8H15N5O. The third kappa shape index (κ3) is 1.58. The summed E-state index contributed by atoms with van der Waals surface area (Å²) in [4.78, 5) is 15.9. The molecule has 2 atom stereocenters. The van der Waals surface area contributed by atoms with Crippen molar-refractivity contribution in [2.45, 2.75) is 31.7 Å². The zero-order valence-electron chi connectivity index (χ0n) is 8.29. The summed E-state index contributed by atoms with van der Waals surface area (Å²) in [6, 6.07) is -0.390. The Hall–Kier alpha value is -1.14. The fraction of sp³-hybridized carbons (Fsp3) is 0.750. The Labute approximate surface area is 82.3 Å². The summed E-state index contributed by atoms with van der Waals surface area (Å²) in [5.41, 5.74) is 5.40. The number of nitrogens with one attached hydrogen (secondary N) is 3. The molecule has 2 unspecified atom stereocenters. The lowest BCUT2D eigenvalue weighted by atomic mass is 10.00. The number of hydrogen-bond donors (Lipinski definition) is 4. The number of nitrogens with two attached hydrogens (primary N) is 1. The lowest BCUT2D eigenvalue weighted by molar-refractivity contribution is -0.123. The standard InChI is InChI=1S/C8H15N5O/c1-8(2)3-10-5-4(13-8)6(14)12-7(9)11-5/h4,7,13H,3,9H2,1-2H3,(H,10,11)(H,12,14). The third-order valence-corrected chi connectivity index (χ3v) is 2.32. The molecule has 6 nitrogen and oxygen atoms in total. The molecule has 0 spiro atoms. The minimum absolute atomic E-state index is 0.122. The van der Waals surface area contributed by atoms with Crippen molar-refractivity contribution < 1.29 is 4.79 Å². The van der Waals surface area contributed by atoms with Gasteiger partial charge in [-0.2, -0.15) is 0 Å². The summed E-state index contributed by atoms with van der Waals surface area (Å²) in [6.45, 7) is 4.66. The van der Waals surface area contributed by atoms with Gasteiger partial charge < -0.3 is 10.6 Å². The van der Waals surface area contributed by atoms with E-state index in [1.165, 1.54) is 0 Å². The van der Waals surface area contributed by atoms with Crippen molar-refractivity contribution >= 4 is 11.7 Å². The molecule has 2 heterocycles. The highest BCUT2D eigenvalue weighted by Crippen LogP contribution is 2.12. The number of rotatable bonds is 0. The van der Waals surface area contributed by atoms with Crippen LogP contribution in [0.5, 0.6) is 0 Å². The lowest BCUT2D eigenvalue weighted by Gasteiger charge is -2.39. The Kier molecular flexibility index (Phi) is 1.97. The van der Waals surface area contributed by atoms with Gasteiger partial charge in [-0.15, -0.1) is 0 Å². The van der Waals surface area contributed by atoms with Gasteiger partial charge in [0.25, 0.3) is 0 Å². The first-order valence-corrected chi connectivity index (χ1v) is 4.62. The zero-order valence-corrected chi connectivity index (χ0v) is 8.29. The van der Waals surface area contributed by atoms with E-state index in [1.807, 2.05) is 13.8 Å². The van der Waals surface area contributed by atoms with Gasteiger partial charge in [0.05, 0.1) is 6.54 Å². The van der Waals surface area contributed by atoms with Crippen LogP contribution in [-0.2, 0) is 4.79 Å². The Bertz CT molecular complexity index is 298. The summed E-state index contributed by atoms with van der Waals surface area (Å²) in [5, 5.41) is 8.72. The Morgan fingerprint density at radius 1 is 1.50 bits per heavy atom. The van der Waals surface area contributed by atoms with Crippen molar-refractivity contribution in [2.24, 2.45) is 10.7 Å². The van der Waals surface area contributed by atoms with Crippen molar-refractivity contribution in [3.05, 3.63) is 0 Å². The van der Waals surface area contributed by atoms with Crippen LogP contribution in [0.2, 0.25) is 0 Å². The van der Waals surface area contributed by atoms with Crippen LogP contribution < -0.4 is 21.7 Å². The van der Waals surface area contributed by atoms with Crippen molar-refractivity contribution in [1.82, 2.24) is 16.0 Å². The molecule has 0 radical (unpaired) electrons. The summed E-state index contributed by atoms with van der Waals surface area (Å²) < 4.78 is 0. The predicted octanol–water partition coefficient (Wildman–Crippen LogP) is -1.90. The maximum absolute atomic E-state index is 11.6. The number of amides is 1. The van der Waals surface area contributed by atoms with Crippen LogP contribution >= 0.6 is 0 Å². The Balaban J connectivity index is 2.23. The molecule has 0 aromatic carbocycles. The molecule has 78 valence electrons. The largest absolute Gasteiger partial charge is 0.340 e. The van der Waals surface area contributed by atoms with E-state index in [2.05, 4.69) is 20.9 Å². The normalized spacial score (nSPS) is 35.1. The second kappa shape index (κ2) is 2.93. The molecule has 0 aromatic rings. The molecule has 1 fully saturated rings. The first-order valence-electron chi connectivity index (χ1n) is 4.62. The molecule has 2 rings (SSSR count). The second-order valence-corrected chi connectivity index (χ2v) is 4.29. The van der Waals surface area contributed by atoms with Gasteiger partial charge in [-0.05, 0) is 13.8 Å². The van der Waals surface area contributed by atoms with Gasteiger partial charge in [-0.3, -0.25) is 20.8 Å². The molecular weight excluding hydrogens is 182 g/mol. The van der Waals surface area contributed by atoms with Crippen LogP contribution in [0, 0.1) is 0 Å². The topological polar surface area (TPSA) is 91.5 Å². The highest BCUT2D eigenvalue weighted by atomic mass is 16.2. The number of carbonyl (C=O) groups is 1. The van der Waals surface area contributed by atoms with Crippen molar-refractivity contribution in [3.8, 4) is 0 Å². The molecule has 1 saturated heterocycles. The molecule has 0 bridgehead atoms. The van der Waals surface area contributed by atoms with Crippen LogP contribution in [0.1, 0.15) is 13.8 Å². The van der Waals surface area contributed by atoms with Gasteiger partial charge in [0.2, 0.25) is 5.91 Å². The van der Waals surface area contributed by atoms with Crippen molar-refractivity contribution in [1.29, 1.82) is 0 Å². The monoisotopic (exact) mass is 197 g/mol. The second-order valence-electron chi connectivity index (χ2n) is 4.29. The van der Waals surface area contributed by atoms with Crippen LogP contribution in [-0.4, -0.2) is 36.2 Å². The van der Waals surface area contributed by atoms with Crippen LogP contribution in [0.3, 0.4) is 0 Å². The number of amidine groups is 1. The minimum atomic E-state index is -0.527. The molecule has 1 amide bonds. The number of hydrogen-bond acceptors (Lipinski definition) is 5. The molecule has 5 N–H and O–H groups in total. The SMILES string of the molecule is CC1(C)CN=C2NC(N)NC(=O)C2N1. The fourth-order valence-electron chi connectivity index (χ4n) is 1.63. The summed E-state index contributed by atoms with van der Waals surface area (Å²) in [5.74, 6) is 0.517. The maximum atomic E-state index is 11.6. The molecule has 0 aromatic heterocycles. The highest BCUT2D eigenvalue weighted by Gasteiger charge is 2.38. The Morgan fingerprint density at radius 2 is 2.21 bits per heavy atom. The number of nitrogens with zero attached hydrogens (tertiary/aromatic N) is 1. The quantitative estimate of drug-likeness (QED) is 0.365. The summed E-state index contributed by atoms with van der Waals surface area (Å²) in [6.07, 6.45) is -0.527. The van der Waals surface area contributed by atoms with E-state index in [0.717, 1.165) is 0 Å². The van der Waals surface area contributed by atoms with E-state index in [4.69, 9.17) is 5.73 Å². The average molecular weight is 197 g/mol. The van der Waals surface area contributed by atoms with E-state index in [0.29, 0.717) is 12.4 Å². The minimum Gasteiger partial charge on any atom is -0.340 e. The average Bonchev–Trinajstić information content (AvgIpc) is 2.06. The maximum Gasteiger partial charge on any atom is 0.247 e. The van der Waals surface area contributed by atoms with Crippen LogP contribution in [0.25, 0.3) is 0 Å². The van der Waals surface area contributed by atoms with E-state index in [9.17, 15) is 4.79 Å². The van der Waals surface area contributed by atoms with E-state index in [1.54, 1.807) is 0 Å². The van der Waals surface area contributed by atoms with E-state index < -0.39 is 12.3 Å².